The van der Waals surface area contributed by atoms with Gasteiger partial charge in [-0.3, -0.25) is 14.6 Å². The highest BCUT2D eigenvalue weighted by Gasteiger charge is 2.10. The summed E-state index contributed by atoms with van der Waals surface area (Å²) in [6.45, 7) is 4.78. The normalized spacial score (nSPS) is 10.6. The number of nitrogens with two attached hydrogens (primary N) is 1. The molecular formula is C26H29N5O2. The van der Waals surface area contributed by atoms with Crippen molar-refractivity contribution in [1.29, 1.82) is 5.41 Å². The van der Waals surface area contributed by atoms with Gasteiger partial charge in [-0.2, -0.15) is 0 Å². The van der Waals surface area contributed by atoms with E-state index in [1.54, 1.807) is 18.3 Å². The summed E-state index contributed by atoms with van der Waals surface area (Å²) in [5.41, 5.74) is 12.4. The van der Waals surface area contributed by atoms with E-state index in [0.717, 1.165) is 35.2 Å². The fraction of sp³-hybridized carbons (Fsp3) is 0.154. The van der Waals surface area contributed by atoms with Gasteiger partial charge in [0.2, 0.25) is 6.29 Å². The number of benzene rings is 2. The first kappa shape index (κ1) is 25.2. The van der Waals surface area contributed by atoms with Crippen LogP contribution in [0.1, 0.15) is 34.9 Å². The van der Waals surface area contributed by atoms with Crippen LogP contribution < -0.4 is 16.4 Å². The van der Waals surface area contributed by atoms with Gasteiger partial charge in [-0.05, 0) is 61.9 Å². The lowest BCUT2D eigenvalue weighted by atomic mass is 9.97. The minimum atomic E-state index is -0.748. The number of aldehydes is 1. The number of carbonyl (C=O) groups excluding carboxylic acids is 2. The number of nitrogens with zero attached hydrogens (tertiary/aromatic N) is 1. The van der Waals surface area contributed by atoms with Gasteiger partial charge in [0, 0.05) is 41.5 Å². The summed E-state index contributed by atoms with van der Waals surface area (Å²) >= 11 is 0. The molecule has 7 nitrogen and oxygen atoms in total. The predicted octanol–water partition coefficient (Wildman–Crippen LogP) is 4.07. The summed E-state index contributed by atoms with van der Waals surface area (Å²) in [7, 11) is 1.91. The summed E-state index contributed by atoms with van der Waals surface area (Å²) in [5.74, 6) is -0.748. The molecule has 0 radical (unpaired) electrons. The summed E-state index contributed by atoms with van der Waals surface area (Å²) in [6, 6.07) is 17.1. The average Bonchev–Trinajstić information content (AvgIpc) is 2.82. The topological polar surface area (TPSA) is 121 Å². The largest absolute Gasteiger partial charge is 0.398 e. The fourth-order valence-corrected chi connectivity index (χ4v) is 3.11. The van der Waals surface area contributed by atoms with Crippen LogP contribution in [0.5, 0.6) is 0 Å². The molecule has 7 heteroatoms. The summed E-state index contributed by atoms with van der Waals surface area (Å²) in [4.78, 5) is 25.9. The summed E-state index contributed by atoms with van der Waals surface area (Å²) in [6.07, 6.45) is 5.12. The van der Waals surface area contributed by atoms with E-state index in [4.69, 9.17) is 11.1 Å². The molecule has 5 N–H and O–H groups in total. The Hall–Kier alpha value is -4.10. The zero-order chi connectivity index (χ0) is 24.2. The predicted molar refractivity (Wildman–Crippen MR) is 135 cm³/mol. The second kappa shape index (κ2) is 12.7. The van der Waals surface area contributed by atoms with Gasteiger partial charge in [-0.15, -0.1) is 0 Å². The Bertz CT molecular complexity index is 1140. The molecule has 0 saturated carbocycles. The molecule has 0 aliphatic rings. The fourth-order valence-electron chi connectivity index (χ4n) is 3.11. The van der Waals surface area contributed by atoms with Crippen molar-refractivity contribution < 1.29 is 9.59 Å². The zero-order valence-electron chi connectivity index (χ0n) is 19.1. The maximum absolute atomic E-state index is 11.3. The Morgan fingerprint density at radius 3 is 2.45 bits per heavy atom. The minimum absolute atomic E-state index is 0.205. The molecule has 1 aromatic heterocycles. The molecule has 0 atom stereocenters. The molecule has 2 aromatic carbocycles. The average molecular weight is 444 g/mol. The van der Waals surface area contributed by atoms with Crippen LogP contribution in [0.25, 0.3) is 11.6 Å². The van der Waals surface area contributed by atoms with Crippen LogP contribution in [0, 0.1) is 12.3 Å². The number of aryl methyl sites for hydroxylation is 1. The van der Waals surface area contributed by atoms with E-state index in [2.05, 4.69) is 15.6 Å². The van der Waals surface area contributed by atoms with Crippen LogP contribution in [-0.2, 0) is 16.1 Å². The van der Waals surface area contributed by atoms with E-state index >= 15 is 0 Å². The number of anilines is 2. The third-order valence-corrected chi connectivity index (χ3v) is 4.81. The summed E-state index contributed by atoms with van der Waals surface area (Å²) in [5, 5.41) is 13.0. The van der Waals surface area contributed by atoms with Crippen molar-refractivity contribution in [3.63, 3.8) is 0 Å². The number of aromatic nitrogens is 1. The third kappa shape index (κ3) is 7.52. The zero-order valence-corrected chi connectivity index (χ0v) is 19.1. The molecule has 0 saturated heterocycles. The number of rotatable bonds is 7. The van der Waals surface area contributed by atoms with Crippen molar-refractivity contribution in [3.05, 3.63) is 88.7 Å². The number of carbonyl (C=O) groups is 2. The van der Waals surface area contributed by atoms with Crippen LogP contribution in [0.3, 0.4) is 0 Å². The number of pyridine rings is 1. The first-order chi connectivity index (χ1) is 15.9. The maximum Gasteiger partial charge on any atom is 0.288 e. The van der Waals surface area contributed by atoms with E-state index in [9.17, 15) is 9.59 Å². The van der Waals surface area contributed by atoms with Gasteiger partial charge >= 0.3 is 0 Å². The molecule has 33 heavy (non-hydrogen) atoms. The maximum atomic E-state index is 11.3. The number of amides is 1. The highest BCUT2D eigenvalue weighted by atomic mass is 16.2. The van der Waals surface area contributed by atoms with Gasteiger partial charge in [-0.1, -0.05) is 36.4 Å². The molecule has 0 spiro atoms. The molecule has 0 bridgehead atoms. The van der Waals surface area contributed by atoms with Crippen LogP contribution in [0.2, 0.25) is 0 Å². The van der Waals surface area contributed by atoms with Crippen LogP contribution >= 0.6 is 0 Å². The smallest absolute Gasteiger partial charge is 0.288 e. The first-order valence-corrected chi connectivity index (χ1v) is 10.4. The van der Waals surface area contributed by atoms with E-state index in [1.165, 1.54) is 0 Å². The van der Waals surface area contributed by atoms with E-state index < -0.39 is 5.91 Å². The Labute approximate surface area is 194 Å². The second-order valence-electron chi connectivity index (χ2n) is 7.31. The number of nitrogens with one attached hydrogen (secondary N) is 3. The van der Waals surface area contributed by atoms with Gasteiger partial charge in [-0.25, -0.2) is 0 Å². The van der Waals surface area contributed by atoms with Crippen molar-refractivity contribution in [2.45, 2.75) is 20.4 Å². The van der Waals surface area contributed by atoms with Crippen LogP contribution in [0.4, 0.5) is 11.4 Å². The molecule has 0 aliphatic heterocycles. The van der Waals surface area contributed by atoms with E-state index in [-0.39, 0.29) is 6.29 Å². The lowest BCUT2D eigenvalue weighted by Gasteiger charge is -2.13. The first-order valence-electron chi connectivity index (χ1n) is 10.4. The SMILES string of the molecule is C/C(=C\c1ccccc1C)c1cc(NC(=O)C=O)cc(C=N)c1N.CNCc1ccccn1. The Morgan fingerprint density at radius 2 is 1.85 bits per heavy atom. The number of allylic oxidation sites excluding steroid dienone is 1. The molecule has 1 heterocycles. The van der Waals surface area contributed by atoms with Crippen LogP contribution in [0.15, 0.2) is 60.8 Å². The van der Waals surface area contributed by atoms with Crippen molar-refractivity contribution in [2.24, 2.45) is 0 Å². The number of hydrogen-bond donors (Lipinski definition) is 4. The minimum Gasteiger partial charge on any atom is -0.398 e. The molecule has 1 amide bonds. The van der Waals surface area contributed by atoms with E-state index in [0.29, 0.717) is 22.5 Å². The molecule has 170 valence electrons. The Kier molecular flexibility index (Phi) is 9.67. The molecule has 0 aliphatic carbocycles. The highest BCUT2D eigenvalue weighted by molar-refractivity contribution is 6.29. The van der Waals surface area contributed by atoms with Gasteiger partial charge in [0.15, 0.2) is 0 Å². The van der Waals surface area contributed by atoms with Crippen molar-refractivity contribution in [1.82, 2.24) is 10.3 Å². The Morgan fingerprint density at radius 1 is 1.12 bits per heavy atom. The molecular weight excluding hydrogens is 414 g/mol. The number of nitrogen functional groups attached to an aromatic ring is 1. The van der Waals surface area contributed by atoms with E-state index in [1.807, 2.05) is 69.4 Å². The van der Waals surface area contributed by atoms with Gasteiger partial charge in [0.1, 0.15) is 0 Å². The number of hydrogen-bond acceptors (Lipinski definition) is 6. The van der Waals surface area contributed by atoms with Crippen molar-refractivity contribution >= 4 is 41.4 Å². The molecule has 3 aromatic rings. The standard InChI is InChI=1S/C19H19N3O2.C7H10N2/c1-12-5-3-4-6-14(12)7-13(2)17-9-16(22-18(24)11-23)8-15(10-20)19(17)21;1-8-6-7-4-2-3-5-9-7/h3-11,20H,21H2,1-2H3,(H,22,24);2-5,8H,6H2,1H3/b13-7+,20-10?;. The van der Waals surface area contributed by atoms with Gasteiger partial charge < -0.3 is 21.8 Å². The third-order valence-electron chi connectivity index (χ3n) is 4.81. The lowest BCUT2D eigenvalue weighted by molar-refractivity contribution is -0.127. The second-order valence-corrected chi connectivity index (χ2v) is 7.31. The lowest BCUT2D eigenvalue weighted by Crippen LogP contribution is -2.13. The molecule has 0 unspecified atom stereocenters. The Balaban J connectivity index is 0.000000357. The highest BCUT2D eigenvalue weighted by Crippen LogP contribution is 2.30. The van der Waals surface area contributed by atoms with Gasteiger partial charge in [0.05, 0.1) is 5.69 Å². The molecule has 3 rings (SSSR count). The van der Waals surface area contributed by atoms with Gasteiger partial charge in [0.25, 0.3) is 5.91 Å². The van der Waals surface area contributed by atoms with Crippen molar-refractivity contribution in [3.8, 4) is 0 Å². The van der Waals surface area contributed by atoms with Crippen molar-refractivity contribution in [2.75, 3.05) is 18.1 Å². The quantitative estimate of drug-likeness (QED) is 0.144. The monoisotopic (exact) mass is 443 g/mol. The molecule has 0 fully saturated rings. The summed E-state index contributed by atoms with van der Waals surface area (Å²) < 4.78 is 0. The van der Waals surface area contributed by atoms with Crippen LogP contribution in [-0.4, -0.2) is 30.4 Å².